The maximum absolute atomic E-state index is 13.8. The molecular formula is C15H19F2N. The quantitative estimate of drug-likeness (QED) is 0.633. The smallest absolute Gasteiger partial charge is 0.130 e. The number of halogens is 2. The summed E-state index contributed by atoms with van der Waals surface area (Å²) in [6.45, 7) is 6.85. The Morgan fingerprint density at radius 3 is 2.39 bits per heavy atom. The summed E-state index contributed by atoms with van der Waals surface area (Å²) in [4.78, 5) is 0. The Bertz CT molecular complexity index is 467. The molecule has 0 aromatic heterocycles. The van der Waals surface area contributed by atoms with Gasteiger partial charge in [0, 0.05) is 17.6 Å². The first kappa shape index (κ1) is 14.6. The average molecular weight is 251 g/mol. The van der Waals surface area contributed by atoms with E-state index in [2.05, 4.69) is 0 Å². The Morgan fingerprint density at radius 1 is 1.17 bits per heavy atom. The third kappa shape index (κ3) is 3.25. The van der Waals surface area contributed by atoms with E-state index in [1.807, 2.05) is 13.0 Å². The Labute approximate surface area is 107 Å². The van der Waals surface area contributed by atoms with Crippen LogP contribution >= 0.6 is 0 Å². The zero-order valence-electron chi connectivity index (χ0n) is 11.2. The van der Waals surface area contributed by atoms with E-state index in [0.717, 1.165) is 6.08 Å². The molecule has 18 heavy (non-hydrogen) atoms. The van der Waals surface area contributed by atoms with Gasteiger partial charge in [0.1, 0.15) is 11.7 Å². The summed E-state index contributed by atoms with van der Waals surface area (Å²) in [5, 5.41) is 7.82. The van der Waals surface area contributed by atoms with Gasteiger partial charge in [-0.15, -0.1) is 0 Å². The fourth-order valence-corrected chi connectivity index (χ4v) is 1.65. The van der Waals surface area contributed by atoms with Gasteiger partial charge >= 0.3 is 0 Å². The van der Waals surface area contributed by atoms with E-state index in [1.54, 1.807) is 26.0 Å². The van der Waals surface area contributed by atoms with Gasteiger partial charge in [-0.05, 0) is 25.3 Å². The molecule has 0 aromatic rings. The molecule has 0 spiro atoms. The van der Waals surface area contributed by atoms with Gasteiger partial charge in [-0.1, -0.05) is 32.1 Å². The van der Waals surface area contributed by atoms with Crippen molar-refractivity contribution < 1.29 is 8.78 Å². The molecule has 1 aliphatic rings. The van der Waals surface area contributed by atoms with Crippen LogP contribution in [0.4, 0.5) is 8.78 Å². The van der Waals surface area contributed by atoms with Crippen molar-refractivity contribution in [3.8, 4) is 0 Å². The second kappa shape index (κ2) is 5.89. The van der Waals surface area contributed by atoms with Crippen LogP contribution in [-0.4, -0.2) is 5.71 Å². The highest BCUT2D eigenvalue weighted by molar-refractivity contribution is 6.10. The molecule has 3 heteroatoms. The van der Waals surface area contributed by atoms with Crippen LogP contribution in [0.3, 0.4) is 0 Å². The topological polar surface area (TPSA) is 23.9 Å². The van der Waals surface area contributed by atoms with Crippen molar-refractivity contribution in [2.45, 2.75) is 27.7 Å². The molecule has 0 saturated heterocycles. The van der Waals surface area contributed by atoms with Crippen LogP contribution in [0.1, 0.15) is 27.7 Å². The summed E-state index contributed by atoms with van der Waals surface area (Å²) in [6.07, 6.45) is 6.32. The van der Waals surface area contributed by atoms with E-state index in [0.29, 0.717) is 5.57 Å². The monoisotopic (exact) mass is 251 g/mol. The molecule has 0 saturated carbocycles. The van der Waals surface area contributed by atoms with Gasteiger partial charge in [0.2, 0.25) is 0 Å². The molecule has 0 aromatic carbocycles. The molecule has 0 amide bonds. The Balaban J connectivity index is 3.33. The molecule has 1 nitrogen and oxygen atoms in total. The average Bonchev–Trinajstić information content (AvgIpc) is 2.34. The maximum Gasteiger partial charge on any atom is 0.130 e. The van der Waals surface area contributed by atoms with Crippen LogP contribution in [0, 0.1) is 17.2 Å². The Morgan fingerprint density at radius 2 is 1.78 bits per heavy atom. The lowest BCUT2D eigenvalue weighted by Gasteiger charge is -2.14. The Hall–Kier alpha value is -1.51. The van der Waals surface area contributed by atoms with Crippen LogP contribution in [0.15, 0.2) is 47.1 Å². The first-order valence-electron chi connectivity index (χ1n) is 6.02. The van der Waals surface area contributed by atoms with Gasteiger partial charge in [-0.2, -0.15) is 0 Å². The third-order valence-electron chi connectivity index (χ3n) is 3.38. The normalized spacial score (nSPS) is 38.2. The highest BCUT2D eigenvalue weighted by atomic mass is 19.1. The van der Waals surface area contributed by atoms with Crippen molar-refractivity contribution in [1.29, 1.82) is 5.41 Å². The van der Waals surface area contributed by atoms with Gasteiger partial charge in [0.15, 0.2) is 0 Å². The summed E-state index contributed by atoms with van der Waals surface area (Å²) >= 11 is 0. The molecule has 0 heterocycles. The third-order valence-corrected chi connectivity index (χ3v) is 3.38. The lowest BCUT2D eigenvalue weighted by molar-refractivity contribution is 0.419. The summed E-state index contributed by atoms with van der Waals surface area (Å²) in [6, 6.07) is 0. The van der Waals surface area contributed by atoms with Gasteiger partial charge in [-0.3, -0.25) is 0 Å². The van der Waals surface area contributed by atoms with Crippen molar-refractivity contribution >= 4 is 5.71 Å². The van der Waals surface area contributed by atoms with Crippen molar-refractivity contribution in [3.05, 3.63) is 47.1 Å². The predicted molar refractivity (Wildman–Crippen MR) is 72.0 cm³/mol. The van der Waals surface area contributed by atoms with Crippen LogP contribution in [-0.2, 0) is 0 Å². The van der Waals surface area contributed by atoms with Gasteiger partial charge in [-0.25, -0.2) is 8.78 Å². The standard InChI is InChI=1S/C15H19F2N/c1-9-6-5-7-10(2)15(18)12(4)14(17)8-13(16)11(9)3/h5-9,11,18H,1-4H3/b6-5-,10-7-,13-8+,14-12-,18-15?. The molecule has 2 atom stereocenters. The lowest BCUT2D eigenvalue weighted by atomic mass is 9.94. The largest absolute Gasteiger partial charge is 0.300 e. The molecule has 0 radical (unpaired) electrons. The van der Waals surface area contributed by atoms with Crippen LogP contribution < -0.4 is 0 Å². The lowest BCUT2D eigenvalue weighted by Crippen LogP contribution is -2.06. The summed E-state index contributed by atoms with van der Waals surface area (Å²) in [7, 11) is 0. The molecular weight excluding hydrogens is 232 g/mol. The fourth-order valence-electron chi connectivity index (χ4n) is 1.65. The van der Waals surface area contributed by atoms with Gasteiger partial charge in [0.25, 0.3) is 0 Å². The van der Waals surface area contributed by atoms with Crippen molar-refractivity contribution in [1.82, 2.24) is 0 Å². The highest BCUT2D eigenvalue weighted by Crippen LogP contribution is 2.26. The number of allylic oxidation sites excluding steroid dienone is 8. The summed E-state index contributed by atoms with van der Waals surface area (Å²) < 4.78 is 27.6. The van der Waals surface area contributed by atoms with E-state index in [9.17, 15) is 8.78 Å². The second-order valence-corrected chi connectivity index (χ2v) is 4.76. The van der Waals surface area contributed by atoms with E-state index >= 15 is 0 Å². The molecule has 98 valence electrons. The SMILES string of the molecule is C/C1=C/C=C\C(C)C(C)/C(F)=C\C(F)=C(/C)C1=N. The van der Waals surface area contributed by atoms with E-state index in [-0.39, 0.29) is 23.1 Å². The number of hydrogen-bond acceptors (Lipinski definition) is 1. The Kier molecular flexibility index (Phi) is 4.76. The number of hydrogen-bond donors (Lipinski definition) is 1. The van der Waals surface area contributed by atoms with E-state index in [1.165, 1.54) is 6.92 Å². The zero-order chi connectivity index (χ0) is 13.9. The van der Waals surface area contributed by atoms with Crippen LogP contribution in [0.25, 0.3) is 0 Å². The van der Waals surface area contributed by atoms with Crippen molar-refractivity contribution in [2.24, 2.45) is 11.8 Å². The molecule has 1 aliphatic carbocycles. The molecule has 1 N–H and O–H groups in total. The molecule has 2 unspecified atom stereocenters. The highest BCUT2D eigenvalue weighted by Gasteiger charge is 2.17. The number of rotatable bonds is 0. The van der Waals surface area contributed by atoms with Crippen LogP contribution in [0.2, 0.25) is 0 Å². The minimum Gasteiger partial charge on any atom is -0.300 e. The van der Waals surface area contributed by atoms with Gasteiger partial charge in [0.05, 0.1) is 5.71 Å². The van der Waals surface area contributed by atoms with E-state index < -0.39 is 11.7 Å². The maximum atomic E-state index is 13.8. The summed E-state index contributed by atoms with van der Waals surface area (Å²) in [5.41, 5.74) is 0.923. The molecule has 0 aliphatic heterocycles. The van der Waals surface area contributed by atoms with Crippen LogP contribution in [0.5, 0.6) is 0 Å². The molecule has 0 fully saturated rings. The molecule has 1 rings (SSSR count). The predicted octanol–water partition coefficient (Wildman–Crippen LogP) is 4.89. The second-order valence-electron chi connectivity index (χ2n) is 4.76. The number of nitrogens with one attached hydrogen (secondary N) is 1. The van der Waals surface area contributed by atoms with Gasteiger partial charge < -0.3 is 5.41 Å². The fraction of sp³-hybridized carbons (Fsp3) is 0.400. The van der Waals surface area contributed by atoms with Crippen molar-refractivity contribution in [3.63, 3.8) is 0 Å². The summed E-state index contributed by atoms with van der Waals surface area (Å²) in [5.74, 6) is -1.56. The van der Waals surface area contributed by atoms with Crippen molar-refractivity contribution in [2.75, 3.05) is 0 Å². The minimum absolute atomic E-state index is 0.0225. The first-order chi connectivity index (χ1) is 8.34. The van der Waals surface area contributed by atoms with E-state index in [4.69, 9.17) is 5.41 Å². The first-order valence-corrected chi connectivity index (χ1v) is 6.02. The zero-order valence-corrected chi connectivity index (χ0v) is 11.2. The molecule has 0 bridgehead atoms. The minimum atomic E-state index is -0.675.